The van der Waals surface area contributed by atoms with Crippen molar-refractivity contribution in [3.63, 3.8) is 0 Å². The standard InChI is InChI=1S/C15H15NO3/c1-10(17)13-8-14(16-9-13)15(18)19-11(2)12-6-4-3-5-7-12/h3-9,11,16H,1-2H3/t11-/m1/s1. The summed E-state index contributed by atoms with van der Waals surface area (Å²) in [4.78, 5) is 25.8. The van der Waals surface area contributed by atoms with Crippen LogP contribution >= 0.6 is 0 Å². The Morgan fingerprint density at radius 3 is 2.47 bits per heavy atom. The maximum Gasteiger partial charge on any atom is 0.355 e. The molecular weight excluding hydrogens is 242 g/mol. The third-order valence-corrected chi connectivity index (χ3v) is 2.86. The van der Waals surface area contributed by atoms with E-state index in [4.69, 9.17) is 4.74 Å². The molecule has 2 aromatic rings. The molecule has 0 unspecified atom stereocenters. The Morgan fingerprint density at radius 2 is 1.89 bits per heavy atom. The number of Topliss-reactive ketones (excluding diaryl/α,β-unsaturated/α-hetero) is 1. The highest BCUT2D eigenvalue weighted by molar-refractivity contribution is 5.97. The molecule has 1 atom stereocenters. The van der Waals surface area contributed by atoms with Crippen LogP contribution in [0.1, 0.15) is 46.4 Å². The Kier molecular flexibility index (Phi) is 3.80. The first-order valence-electron chi connectivity index (χ1n) is 6.03. The third kappa shape index (κ3) is 3.10. The van der Waals surface area contributed by atoms with Crippen molar-refractivity contribution < 1.29 is 14.3 Å². The highest BCUT2D eigenvalue weighted by atomic mass is 16.5. The van der Waals surface area contributed by atoms with Gasteiger partial charge in [0.1, 0.15) is 11.8 Å². The molecule has 4 nitrogen and oxygen atoms in total. The van der Waals surface area contributed by atoms with Crippen molar-refractivity contribution in [1.82, 2.24) is 4.98 Å². The van der Waals surface area contributed by atoms with E-state index < -0.39 is 5.97 Å². The summed E-state index contributed by atoms with van der Waals surface area (Å²) in [5, 5.41) is 0. The van der Waals surface area contributed by atoms with Crippen molar-refractivity contribution in [3.05, 3.63) is 59.4 Å². The van der Waals surface area contributed by atoms with E-state index in [9.17, 15) is 9.59 Å². The molecule has 1 heterocycles. The van der Waals surface area contributed by atoms with Crippen LogP contribution in [0, 0.1) is 0 Å². The number of H-pyrrole nitrogens is 1. The molecule has 0 aliphatic rings. The number of hydrogen-bond acceptors (Lipinski definition) is 3. The molecule has 0 aliphatic carbocycles. The van der Waals surface area contributed by atoms with Crippen molar-refractivity contribution in [1.29, 1.82) is 0 Å². The van der Waals surface area contributed by atoms with Gasteiger partial charge in [-0.2, -0.15) is 0 Å². The molecule has 1 aromatic carbocycles. The van der Waals surface area contributed by atoms with Gasteiger partial charge in [-0.3, -0.25) is 4.79 Å². The zero-order valence-electron chi connectivity index (χ0n) is 10.8. The molecule has 0 bridgehead atoms. The maximum atomic E-state index is 11.9. The zero-order chi connectivity index (χ0) is 13.8. The van der Waals surface area contributed by atoms with E-state index in [1.807, 2.05) is 37.3 Å². The van der Waals surface area contributed by atoms with Crippen LogP contribution in [0.4, 0.5) is 0 Å². The Balaban J connectivity index is 2.06. The second kappa shape index (κ2) is 5.52. The van der Waals surface area contributed by atoms with Crippen molar-refractivity contribution in [3.8, 4) is 0 Å². The van der Waals surface area contributed by atoms with E-state index in [1.54, 1.807) is 0 Å². The van der Waals surface area contributed by atoms with Crippen LogP contribution < -0.4 is 0 Å². The average Bonchev–Trinajstić information content (AvgIpc) is 2.89. The number of aromatic nitrogens is 1. The van der Waals surface area contributed by atoms with Gasteiger partial charge < -0.3 is 9.72 Å². The first-order valence-corrected chi connectivity index (χ1v) is 6.03. The van der Waals surface area contributed by atoms with Crippen LogP contribution in [-0.2, 0) is 4.74 Å². The first kappa shape index (κ1) is 13.1. The van der Waals surface area contributed by atoms with Crippen molar-refractivity contribution in [2.24, 2.45) is 0 Å². The number of ketones is 1. The molecule has 4 heteroatoms. The smallest absolute Gasteiger partial charge is 0.355 e. The van der Waals surface area contributed by atoms with Crippen LogP contribution in [-0.4, -0.2) is 16.7 Å². The summed E-state index contributed by atoms with van der Waals surface area (Å²) in [6.07, 6.45) is 1.17. The normalized spacial score (nSPS) is 11.9. The summed E-state index contributed by atoms with van der Waals surface area (Å²) < 4.78 is 5.33. The highest BCUT2D eigenvalue weighted by Gasteiger charge is 2.16. The SMILES string of the molecule is CC(=O)c1c[nH]c(C(=O)O[C@H](C)c2ccccc2)c1. The fourth-order valence-corrected chi connectivity index (χ4v) is 1.73. The van der Waals surface area contributed by atoms with Gasteiger partial charge >= 0.3 is 5.97 Å². The quantitative estimate of drug-likeness (QED) is 0.676. The van der Waals surface area contributed by atoms with Gasteiger partial charge in [0.25, 0.3) is 0 Å². The molecular formula is C15H15NO3. The van der Waals surface area contributed by atoms with Gasteiger partial charge in [-0.05, 0) is 25.5 Å². The molecule has 1 aromatic heterocycles. The van der Waals surface area contributed by atoms with Gasteiger partial charge in [-0.25, -0.2) is 4.79 Å². The van der Waals surface area contributed by atoms with Crippen LogP contribution in [0.3, 0.4) is 0 Å². The van der Waals surface area contributed by atoms with Gasteiger partial charge in [0.2, 0.25) is 0 Å². The Morgan fingerprint density at radius 1 is 1.21 bits per heavy atom. The molecule has 2 rings (SSSR count). The number of esters is 1. The number of rotatable bonds is 4. The molecule has 0 spiro atoms. The molecule has 0 saturated carbocycles. The van der Waals surface area contributed by atoms with Gasteiger partial charge in [0.15, 0.2) is 5.78 Å². The molecule has 0 fully saturated rings. The van der Waals surface area contributed by atoms with Gasteiger partial charge in [0, 0.05) is 11.8 Å². The fraction of sp³-hybridized carbons (Fsp3) is 0.200. The van der Waals surface area contributed by atoms with E-state index in [1.165, 1.54) is 19.2 Å². The maximum absolute atomic E-state index is 11.9. The minimum absolute atomic E-state index is 0.0913. The molecule has 1 N–H and O–H groups in total. The fourth-order valence-electron chi connectivity index (χ4n) is 1.73. The molecule has 0 aliphatic heterocycles. The van der Waals surface area contributed by atoms with Crippen LogP contribution in [0.5, 0.6) is 0 Å². The van der Waals surface area contributed by atoms with E-state index in [-0.39, 0.29) is 17.6 Å². The second-order valence-corrected chi connectivity index (χ2v) is 4.32. The highest BCUT2D eigenvalue weighted by Crippen LogP contribution is 2.18. The minimum atomic E-state index is -0.469. The number of hydrogen-bond donors (Lipinski definition) is 1. The number of carbonyl (C=O) groups is 2. The lowest BCUT2D eigenvalue weighted by atomic mass is 10.1. The topological polar surface area (TPSA) is 59.2 Å². The molecule has 0 saturated heterocycles. The summed E-state index contributed by atoms with van der Waals surface area (Å²) in [5.74, 6) is -0.560. The van der Waals surface area contributed by atoms with Crippen LogP contribution in [0.15, 0.2) is 42.6 Å². The molecule has 0 radical (unpaired) electrons. The zero-order valence-corrected chi connectivity index (χ0v) is 10.8. The number of carbonyl (C=O) groups excluding carboxylic acids is 2. The number of benzene rings is 1. The number of ether oxygens (including phenoxy) is 1. The van der Waals surface area contributed by atoms with Gasteiger partial charge in [0.05, 0.1) is 0 Å². The lowest BCUT2D eigenvalue weighted by Gasteiger charge is -2.12. The number of nitrogens with one attached hydrogen (secondary N) is 1. The molecule has 98 valence electrons. The molecule has 19 heavy (non-hydrogen) atoms. The van der Waals surface area contributed by atoms with E-state index in [2.05, 4.69) is 4.98 Å². The average molecular weight is 257 g/mol. The van der Waals surface area contributed by atoms with Crippen LogP contribution in [0.25, 0.3) is 0 Å². The largest absolute Gasteiger partial charge is 0.453 e. The van der Waals surface area contributed by atoms with Crippen molar-refractivity contribution in [2.45, 2.75) is 20.0 Å². The van der Waals surface area contributed by atoms with Gasteiger partial charge in [-0.15, -0.1) is 0 Å². The first-order chi connectivity index (χ1) is 9.08. The van der Waals surface area contributed by atoms with Crippen LogP contribution in [0.2, 0.25) is 0 Å². The third-order valence-electron chi connectivity index (χ3n) is 2.86. The van der Waals surface area contributed by atoms with Crippen molar-refractivity contribution in [2.75, 3.05) is 0 Å². The molecule has 0 amide bonds. The van der Waals surface area contributed by atoms with E-state index in [0.717, 1.165) is 5.56 Å². The van der Waals surface area contributed by atoms with E-state index in [0.29, 0.717) is 5.56 Å². The van der Waals surface area contributed by atoms with E-state index >= 15 is 0 Å². The Bertz CT molecular complexity index is 586. The summed E-state index contributed by atoms with van der Waals surface area (Å²) >= 11 is 0. The second-order valence-electron chi connectivity index (χ2n) is 4.32. The monoisotopic (exact) mass is 257 g/mol. The summed E-state index contributed by atoms with van der Waals surface area (Å²) in [6, 6.07) is 11.0. The Hall–Kier alpha value is -2.36. The summed E-state index contributed by atoms with van der Waals surface area (Å²) in [7, 11) is 0. The predicted octanol–water partition coefficient (Wildman–Crippen LogP) is 3.14. The Labute approximate surface area is 111 Å². The lowest BCUT2D eigenvalue weighted by molar-refractivity contribution is 0.0331. The lowest BCUT2D eigenvalue weighted by Crippen LogP contribution is -2.09. The predicted molar refractivity (Wildman–Crippen MR) is 71.1 cm³/mol. The van der Waals surface area contributed by atoms with Gasteiger partial charge in [-0.1, -0.05) is 30.3 Å². The number of aromatic amines is 1. The summed E-state index contributed by atoms with van der Waals surface area (Å²) in [6.45, 7) is 3.26. The van der Waals surface area contributed by atoms with Crippen molar-refractivity contribution >= 4 is 11.8 Å². The summed E-state index contributed by atoms with van der Waals surface area (Å²) in [5.41, 5.74) is 1.68. The minimum Gasteiger partial charge on any atom is -0.453 e.